The highest BCUT2D eigenvalue weighted by Crippen LogP contribution is 2.29. The maximum absolute atomic E-state index is 13.3. The Morgan fingerprint density at radius 2 is 1.63 bits per heavy atom. The molecule has 0 aliphatic carbocycles. The fourth-order valence-corrected chi connectivity index (χ4v) is 5.34. The van der Waals surface area contributed by atoms with Crippen LogP contribution in [0.3, 0.4) is 0 Å². The molecule has 0 atom stereocenters. The molecule has 194 valence electrons. The summed E-state index contributed by atoms with van der Waals surface area (Å²) in [5.74, 6) is 1.03. The summed E-state index contributed by atoms with van der Waals surface area (Å²) >= 11 is 0. The summed E-state index contributed by atoms with van der Waals surface area (Å²) < 4.78 is 0. The Morgan fingerprint density at radius 1 is 0.921 bits per heavy atom. The number of rotatable bonds is 5. The van der Waals surface area contributed by atoms with Gasteiger partial charge in [-0.2, -0.15) is 5.26 Å². The first-order chi connectivity index (χ1) is 18.5. The molecule has 2 aromatic carbocycles. The van der Waals surface area contributed by atoms with Crippen LogP contribution < -0.4 is 10.2 Å². The molecule has 2 saturated heterocycles. The zero-order chi connectivity index (χ0) is 26.5. The molecular formula is C31H33N5O2. The second kappa shape index (κ2) is 11.5. The van der Waals surface area contributed by atoms with Crippen molar-refractivity contribution in [3.63, 3.8) is 0 Å². The molecule has 3 heterocycles. The summed E-state index contributed by atoms with van der Waals surface area (Å²) in [7, 11) is 0. The third-order valence-electron chi connectivity index (χ3n) is 7.72. The van der Waals surface area contributed by atoms with Crippen molar-refractivity contribution in [2.75, 3.05) is 36.4 Å². The van der Waals surface area contributed by atoms with Gasteiger partial charge in [0.1, 0.15) is 5.82 Å². The molecular weight excluding hydrogens is 474 g/mol. The Balaban J connectivity index is 1.21. The van der Waals surface area contributed by atoms with Crippen LogP contribution in [0, 0.1) is 18.3 Å². The monoisotopic (exact) mass is 507 g/mol. The summed E-state index contributed by atoms with van der Waals surface area (Å²) in [5, 5.41) is 12.0. The van der Waals surface area contributed by atoms with Crippen molar-refractivity contribution in [3.8, 4) is 6.07 Å². The van der Waals surface area contributed by atoms with Gasteiger partial charge in [-0.05, 0) is 92.5 Å². The van der Waals surface area contributed by atoms with Gasteiger partial charge in [-0.15, -0.1) is 0 Å². The van der Waals surface area contributed by atoms with Crippen molar-refractivity contribution in [1.82, 2.24) is 9.88 Å². The number of hydrogen-bond acceptors (Lipinski definition) is 5. The molecule has 0 radical (unpaired) electrons. The maximum atomic E-state index is 13.3. The highest BCUT2D eigenvalue weighted by molar-refractivity contribution is 6.05. The molecule has 3 aromatic rings. The molecule has 1 N–H and O–H groups in total. The Bertz CT molecular complexity index is 1330. The Morgan fingerprint density at radius 3 is 2.29 bits per heavy atom. The Labute approximate surface area is 224 Å². The van der Waals surface area contributed by atoms with Gasteiger partial charge in [0, 0.05) is 43.6 Å². The van der Waals surface area contributed by atoms with Crippen LogP contribution in [0.15, 0.2) is 60.8 Å². The molecule has 0 bridgehead atoms. The average molecular weight is 508 g/mol. The van der Waals surface area contributed by atoms with Crippen molar-refractivity contribution in [2.24, 2.45) is 0 Å². The molecule has 0 unspecified atom stereocenters. The number of aryl methyl sites for hydroxylation is 1. The van der Waals surface area contributed by atoms with E-state index in [9.17, 15) is 9.59 Å². The Kier molecular flexibility index (Phi) is 7.69. The molecule has 0 spiro atoms. The van der Waals surface area contributed by atoms with E-state index in [-0.39, 0.29) is 11.8 Å². The summed E-state index contributed by atoms with van der Waals surface area (Å²) in [6.07, 6.45) is 7.00. The van der Waals surface area contributed by atoms with Crippen molar-refractivity contribution >= 4 is 23.3 Å². The molecule has 5 rings (SSSR count). The minimum Gasteiger partial charge on any atom is -0.357 e. The molecule has 2 fully saturated rings. The van der Waals surface area contributed by atoms with Crippen LogP contribution in [-0.4, -0.2) is 47.9 Å². The first-order valence-electron chi connectivity index (χ1n) is 13.4. The van der Waals surface area contributed by atoms with E-state index in [2.05, 4.69) is 21.3 Å². The summed E-state index contributed by atoms with van der Waals surface area (Å²) in [4.78, 5) is 34.9. The quantitative estimate of drug-likeness (QED) is 0.491. The zero-order valence-electron chi connectivity index (χ0n) is 21.8. The van der Waals surface area contributed by atoms with E-state index in [1.807, 2.05) is 60.4 Å². The second-order valence-electron chi connectivity index (χ2n) is 10.2. The van der Waals surface area contributed by atoms with Gasteiger partial charge in [-0.1, -0.05) is 18.2 Å². The van der Waals surface area contributed by atoms with Crippen molar-refractivity contribution in [3.05, 3.63) is 88.6 Å². The lowest BCUT2D eigenvalue weighted by molar-refractivity contribution is 0.0712. The molecule has 2 aliphatic heterocycles. The number of pyridine rings is 1. The fourth-order valence-electron chi connectivity index (χ4n) is 5.34. The number of anilines is 2. The molecule has 1 aromatic heterocycles. The third-order valence-corrected chi connectivity index (χ3v) is 7.72. The van der Waals surface area contributed by atoms with Crippen molar-refractivity contribution < 1.29 is 9.59 Å². The number of aromatic nitrogens is 1. The number of hydrogen-bond donors (Lipinski definition) is 1. The average Bonchev–Trinajstić information content (AvgIpc) is 2.98. The minimum absolute atomic E-state index is 0.0219. The number of nitrogens with one attached hydrogen (secondary N) is 1. The molecule has 2 aliphatic rings. The number of carbonyl (C=O) groups excluding carboxylic acids is 2. The molecule has 2 amide bonds. The standard InChI is InChI=1S/C31H33N5O2/c1-22-5-8-26(31(38)36-17-13-25(14-18-36)24-9-6-23(20-32)7-10-24)19-28(22)34-30(37)27-11-12-29(33-21-27)35-15-3-2-4-16-35/h5-12,19,21,25H,2-4,13-18H2,1H3,(H,34,37). The van der Waals surface area contributed by atoms with Crippen LogP contribution >= 0.6 is 0 Å². The van der Waals surface area contributed by atoms with Crippen molar-refractivity contribution in [2.45, 2.75) is 44.9 Å². The lowest BCUT2D eigenvalue weighted by Gasteiger charge is -2.32. The van der Waals surface area contributed by atoms with E-state index in [0.717, 1.165) is 37.3 Å². The largest absolute Gasteiger partial charge is 0.357 e. The first kappa shape index (κ1) is 25.5. The SMILES string of the molecule is Cc1ccc(C(=O)N2CCC(c3ccc(C#N)cc3)CC2)cc1NC(=O)c1ccc(N2CCCCC2)nc1. The molecule has 7 nitrogen and oxygen atoms in total. The summed E-state index contributed by atoms with van der Waals surface area (Å²) in [5.41, 5.74) is 4.47. The predicted molar refractivity (Wildman–Crippen MR) is 148 cm³/mol. The third kappa shape index (κ3) is 5.70. The van der Waals surface area contributed by atoms with Gasteiger partial charge in [0.2, 0.25) is 0 Å². The smallest absolute Gasteiger partial charge is 0.257 e. The fraction of sp³-hybridized carbons (Fsp3) is 0.355. The minimum atomic E-state index is -0.237. The van der Waals surface area contributed by atoms with E-state index in [1.54, 1.807) is 12.3 Å². The topological polar surface area (TPSA) is 89.3 Å². The number of likely N-dealkylation sites (tertiary alicyclic amines) is 1. The maximum Gasteiger partial charge on any atom is 0.257 e. The van der Waals surface area contributed by atoms with Gasteiger partial charge in [-0.3, -0.25) is 9.59 Å². The van der Waals surface area contributed by atoms with E-state index in [1.165, 1.54) is 24.8 Å². The van der Waals surface area contributed by atoms with E-state index >= 15 is 0 Å². The number of piperidine rings is 2. The summed E-state index contributed by atoms with van der Waals surface area (Å²) in [6.45, 7) is 5.28. The molecule has 7 heteroatoms. The molecule has 38 heavy (non-hydrogen) atoms. The second-order valence-corrected chi connectivity index (χ2v) is 10.2. The number of benzene rings is 2. The van der Waals surface area contributed by atoms with Crippen LogP contribution in [0.4, 0.5) is 11.5 Å². The normalized spacial score (nSPS) is 16.1. The summed E-state index contributed by atoms with van der Waals surface area (Å²) in [6, 6.07) is 19.1. The highest BCUT2D eigenvalue weighted by atomic mass is 16.2. The van der Waals surface area contributed by atoms with E-state index in [0.29, 0.717) is 41.4 Å². The van der Waals surface area contributed by atoms with Crippen LogP contribution in [0.25, 0.3) is 0 Å². The lowest BCUT2D eigenvalue weighted by Crippen LogP contribution is -2.38. The lowest BCUT2D eigenvalue weighted by atomic mass is 9.89. The van der Waals surface area contributed by atoms with Crippen LogP contribution in [0.1, 0.15) is 75.4 Å². The molecule has 0 saturated carbocycles. The Hall–Kier alpha value is -4.18. The van der Waals surface area contributed by atoms with Crippen LogP contribution in [-0.2, 0) is 0 Å². The van der Waals surface area contributed by atoms with E-state index < -0.39 is 0 Å². The van der Waals surface area contributed by atoms with Gasteiger partial charge in [0.05, 0.1) is 17.2 Å². The number of amides is 2. The van der Waals surface area contributed by atoms with E-state index in [4.69, 9.17) is 5.26 Å². The number of nitriles is 1. The van der Waals surface area contributed by atoms with Crippen LogP contribution in [0.5, 0.6) is 0 Å². The van der Waals surface area contributed by atoms with Gasteiger partial charge in [-0.25, -0.2) is 4.98 Å². The van der Waals surface area contributed by atoms with Crippen LogP contribution in [0.2, 0.25) is 0 Å². The number of carbonyl (C=O) groups is 2. The highest BCUT2D eigenvalue weighted by Gasteiger charge is 2.25. The first-order valence-corrected chi connectivity index (χ1v) is 13.4. The predicted octanol–water partition coefficient (Wildman–Crippen LogP) is 5.52. The van der Waals surface area contributed by atoms with Crippen molar-refractivity contribution in [1.29, 1.82) is 5.26 Å². The van der Waals surface area contributed by atoms with Gasteiger partial charge >= 0.3 is 0 Å². The van der Waals surface area contributed by atoms with Gasteiger partial charge in [0.25, 0.3) is 11.8 Å². The number of nitrogens with zero attached hydrogens (tertiary/aromatic N) is 4. The zero-order valence-corrected chi connectivity index (χ0v) is 21.8. The van der Waals surface area contributed by atoms with Gasteiger partial charge in [0.15, 0.2) is 0 Å². The van der Waals surface area contributed by atoms with Gasteiger partial charge < -0.3 is 15.1 Å².